The molecule has 37 heavy (non-hydrogen) atoms. The third-order valence-corrected chi connectivity index (χ3v) is 6.92. The number of Topliss-reactive ketones (excluding diaryl/α,β-unsaturated/α-hetero) is 1. The van der Waals surface area contributed by atoms with Crippen molar-refractivity contribution in [3.05, 3.63) is 41.0 Å². The molecule has 194 valence electrons. The first-order valence-electron chi connectivity index (χ1n) is 11.9. The number of carbonyl (C=O) groups is 2. The Balaban J connectivity index is 1.55. The second-order valence-corrected chi connectivity index (χ2v) is 8.92. The monoisotopic (exact) mass is 511 g/mol. The van der Waals surface area contributed by atoms with Crippen LogP contribution in [0.4, 0.5) is 0 Å². The SMILES string of the molecule is COc1cc(C2/C(=C(\O)c3ccc4c(c3)OCO4)C(=O)C(=O)N2CC2CCCO2)c(OC)c2c1OCO2. The molecule has 0 aliphatic carbocycles. The molecule has 4 aliphatic rings. The van der Waals surface area contributed by atoms with E-state index in [1.807, 2.05) is 0 Å². The molecule has 4 aliphatic heterocycles. The molecule has 2 fully saturated rings. The lowest BCUT2D eigenvalue weighted by molar-refractivity contribution is -0.140. The van der Waals surface area contributed by atoms with Crippen molar-refractivity contribution in [3.63, 3.8) is 0 Å². The summed E-state index contributed by atoms with van der Waals surface area (Å²) in [5.41, 5.74) is 0.611. The number of ether oxygens (including phenoxy) is 7. The maximum absolute atomic E-state index is 13.5. The van der Waals surface area contributed by atoms with E-state index in [2.05, 4.69) is 0 Å². The molecule has 6 rings (SSSR count). The number of aliphatic hydroxyl groups is 1. The lowest BCUT2D eigenvalue weighted by Crippen LogP contribution is -2.36. The molecule has 2 aromatic carbocycles. The first-order valence-corrected chi connectivity index (χ1v) is 11.9. The van der Waals surface area contributed by atoms with E-state index in [1.54, 1.807) is 24.3 Å². The van der Waals surface area contributed by atoms with E-state index in [-0.39, 0.29) is 43.3 Å². The largest absolute Gasteiger partial charge is 0.507 e. The van der Waals surface area contributed by atoms with Gasteiger partial charge in [-0.2, -0.15) is 0 Å². The lowest BCUT2D eigenvalue weighted by Gasteiger charge is -2.29. The smallest absolute Gasteiger partial charge is 0.295 e. The Morgan fingerprint density at radius 1 is 1.03 bits per heavy atom. The van der Waals surface area contributed by atoms with Crippen molar-refractivity contribution in [2.45, 2.75) is 25.0 Å². The second-order valence-electron chi connectivity index (χ2n) is 8.92. The molecule has 2 atom stereocenters. The summed E-state index contributed by atoms with van der Waals surface area (Å²) in [7, 11) is 2.93. The molecule has 11 heteroatoms. The summed E-state index contributed by atoms with van der Waals surface area (Å²) >= 11 is 0. The second kappa shape index (κ2) is 9.07. The fraction of sp³-hybridized carbons (Fsp3) is 0.385. The molecule has 0 radical (unpaired) electrons. The van der Waals surface area contributed by atoms with Crippen molar-refractivity contribution < 1.29 is 47.9 Å². The van der Waals surface area contributed by atoms with Crippen LogP contribution >= 0.6 is 0 Å². The van der Waals surface area contributed by atoms with Crippen LogP contribution in [0.2, 0.25) is 0 Å². The predicted octanol–water partition coefficient (Wildman–Crippen LogP) is 2.76. The molecule has 2 unspecified atom stereocenters. The average molecular weight is 511 g/mol. The summed E-state index contributed by atoms with van der Waals surface area (Å²) in [5.74, 6) is 0.292. The Bertz CT molecular complexity index is 1310. The highest BCUT2D eigenvalue weighted by Gasteiger charge is 2.49. The van der Waals surface area contributed by atoms with Gasteiger partial charge in [-0.15, -0.1) is 0 Å². The molecule has 1 N–H and O–H groups in total. The van der Waals surface area contributed by atoms with Gasteiger partial charge >= 0.3 is 0 Å². The minimum Gasteiger partial charge on any atom is -0.507 e. The van der Waals surface area contributed by atoms with E-state index in [9.17, 15) is 14.7 Å². The fourth-order valence-corrected chi connectivity index (χ4v) is 5.20. The fourth-order valence-electron chi connectivity index (χ4n) is 5.20. The van der Waals surface area contributed by atoms with Crippen LogP contribution in [0, 0.1) is 0 Å². The Morgan fingerprint density at radius 3 is 2.57 bits per heavy atom. The highest BCUT2D eigenvalue weighted by molar-refractivity contribution is 6.46. The minimum atomic E-state index is -1.01. The molecule has 2 aromatic rings. The van der Waals surface area contributed by atoms with Crippen LogP contribution in [0.15, 0.2) is 29.8 Å². The number of benzene rings is 2. The summed E-state index contributed by atoms with van der Waals surface area (Å²) in [6.07, 6.45) is 1.37. The van der Waals surface area contributed by atoms with Crippen molar-refractivity contribution in [2.24, 2.45) is 0 Å². The molecular weight excluding hydrogens is 486 g/mol. The first kappa shape index (κ1) is 23.3. The first-order chi connectivity index (χ1) is 18.0. The van der Waals surface area contributed by atoms with Crippen molar-refractivity contribution >= 4 is 17.4 Å². The zero-order valence-electron chi connectivity index (χ0n) is 20.3. The Morgan fingerprint density at radius 2 is 1.81 bits per heavy atom. The molecule has 1 amide bonds. The predicted molar refractivity (Wildman–Crippen MR) is 126 cm³/mol. The normalized spacial score (nSPS) is 23.1. The number of aliphatic hydroxyl groups excluding tert-OH is 1. The molecule has 0 spiro atoms. The minimum absolute atomic E-state index is 0.0429. The van der Waals surface area contributed by atoms with Crippen LogP contribution in [0.25, 0.3) is 5.76 Å². The van der Waals surface area contributed by atoms with Crippen molar-refractivity contribution in [1.82, 2.24) is 4.90 Å². The third-order valence-electron chi connectivity index (χ3n) is 6.92. The van der Waals surface area contributed by atoms with Crippen molar-refractivity contribution in [2.75, 3.05) is 41.0 Å². The summed E-state index contributed by atoms with van der Waals surface area (Å²) < 4.78 is 39.0. The number of methoxy groups -OCH3 is 2. The zero-order valence-corrected chi connectivity index (χ0v) is 20.3. The number of ketones is 1. The maximum Gasteiger partial charge on any atom is 0.295 e. The van der Waals surface area contributed by atoms with E-state index in [4.69, 9.17) is 33.2 Å². The number of carbonyl (C=O) groups excluding carboxylic acids is 2. The summed E-state index contributed by atoms with van der Waals surface area (Å²) in [5, 5.41) is 11.5. The maximum atomic E-state index is 13.5. The highest BCUT2D eigenvalue weighted by atomic mass is 16.7. The average Bonchev–Trinajstić information content (AvgIpc) is 3.72. The van der Waals surface area contributed by atoms with E-state index in [1.165, 1.54) is 19.1 Å². The standard InChI is InChI=1S/C26H25NO10/c1-31-18-9-15(23(32-2)25-24(18)36-12-37-25)20-19(21(28)13-5-6-16-17(8-13)35-11-34-16)22(29)26(30)27(20)10-14-4-3-7-33-14/h5-6,8-9,14,20,28H,3-4,7,10-12H2,1-2H3/b21-19+. The Hall–Kier alpha value is -4.12. The van der Waals surface area contributed by atoms with Gasteiger partial charge in [0, 0.05) is 24.3 Å². The third kappa shape index (κ3) is 3.69. The van der Waals surface area contributed by atoms with E-state index in [0.29, 0.717) is 46.5 Å². The van der Waals surface area contributed by atoms with Gasteiger partial charge in [0.2, 0.25) is 25.1 Å². The van der Waals surface area contributed by atoms with Crippen LogP contribution in [-0.4, -0.2) is 68.8 Å². The van der Waals surface area contributed by atoms with Crippen molar-refractivity contribution in [1.29, 1.82) is 0 Å². The number of nitrogens with zero attached hydrogens (tertiary/aromatic N) is 1. The van der Waals surface area contributed by atoms with Gasteiger partial charge in [0.25, 0.3) is 11.7 Å². The zero-order chi connectivity index (χ0) is 25.7. The number of amides is 1. The molecule has 0 aromatic heterocycles. The number of hydrogen-bond acceptors (Lipinski definition) is 10. The van der Waals surface area contributed by atoms with Crippen LogP contribution < -0.4 is 28.4 Å². The molecule has 0 bridgehead atoms. The van der Waals surface area contributed by atoms with Gasteiger partial charge in [-0.05, 0) is 37.1 Å². The lowest BCUT2D eigenvalue weighted by atomic mass is 9.93. The number of likely N-dealkylation sites (tertiary alicyclic amines) is 1. The number of fused-ring (bicyclic) bond motifs is 2. The van der Waals surface area contributed by atoms with Gasteiger partial charge in [-0.1, -0.05) is 0 Å². The van der Waals surface area contributed by atoms with Crippen molar-refractivity contribution in [3.8, 4) is 34.5 Å². The van der Waals surface area contributed by atoms with Crippen LogP contribution in [0.1, 0.15) is 30.0 Å². The van der Waals surface area contributed by atoms with Gasteiger partial charge in [-0.3, -0.25) is 9.59 Å². The molecule has 4 heterocycles. The van der Waals surface area contributed by atoms with Gasteiger partial charge < -0.3 is 43.2 Å². The van der Waals surface area contributed by atoms with E-state index in [0.717, 1.165) is 12.8 Å². The van der Waals surface area contributed by atoms with Crippen LogP contribution in [-0.2, 0) is 14.3 Å². The molecule has 11 nitrogen and oxygen atoms in total. The van der Waals surface area contributed by atoms with Crippen LogP contribution in [0.5, 0.6) is 34.5 Å². The van der Waals surface area contributed by atoms with E-state index < -0.39 is 17.7 Å². The van der Waals surface area contributed by atoms with E-state index >= 15 is 0 Å². The van der Waals surface area contributed by atoms with Gasteiger partial charge in [-0.25, -0.2) is 0 Å². The Labute approximate surface area is 212 Å². The summed E-state index contributed by atoms with van der Waals surface area (Å²) in [6, 6.07) is 5.44. The number of rotatable bonds is 6. The van der Waals surface area contributed by atoms with Gasteiger partial charge in [0.1, 0.15) is 5.76 Å². The molecule has 0 saturated carbocycles. The summed E-state index contributed by atoms with van der Waals surface area (Å²) in [6.45, 7) is 0.753. The number of hydrogen-bond donors (Lipinski definition) is 1. The quantitative estimate of drug-likeness (QED) is 0.352. The molecule has 2 saturated heterocycles. The highest BCUT2D eigenvalue weighted by Crippen LogP contribution is 2.54. The summed E-state index contributed by atoms with van der Waals surface area (Å²) in [4.78, 5) is 28.3. The topological polar surface area (TPSA) is 122 Å². The van der Waals surface area contributed by atoms with Gasteiger partial charge in [0.15, 0.2) is 23.0 Å². The molecular formula is C26H25NO10. The van der Waals surface area contributed by atoms with Crippen LogP contribution in [0.3, 0.4) is 0 Å². The van der Waals surface area contributed by atoms with Gasteiger partial charge in [0.05, 0.1) is 31.9 Å². The Kier molecular flexibility index (Phi) is 5.71.